The van der Waals surface area contributed by atoms with Crippen LogP contribution in [0.25, 0.3) is 138 Å². The molecule has 598 valence electrons. The van der Waals surface area contributed by atoms with Crippen LogP contribution in [0.2, 0.25) is 0 Å². The molecule has 10 aromatic carbocycles. The van der Waals surface area contributed by atoms with E-state index >= 15 is 0 Å². The first-order valence-electron chi connectivity index (χ1n) is 41.1. The third kappa shape index (κ3) is 24.7. The van der Waals surface area contributed by atoms with Gasteiger partial charge in [0.05, 0.1) is 39.2 Å². The lowest BCUT2D eigenvalue weighted by Crippen LogP contribution is -2.05. The number of benzene rings is 10. The highest BCUT2D eigenvalue weighted by atomic mass is 32.1. The molecule has 121 heavy (non-hydrogen) atoms. The van der Waals surface area contributed by atoms with Crippen molar-refractivity contribution in [3.8, 4) is 5.75 Å². The van der Waals surface area contributed by atoms with Gasteiger partial charge in [0.25, 0.3) is 0 Å². The van der Waals surface area contributed by atoms with Gasteiger partial charge in [-0.1, -0.05) is 308 Å². The molecule has 0 saturated carbocycles. The Balaban J connectivity index is 0.000000125. The second-order valence-corrected chi connectivity index (χ2v) is 32.9. The average Bonchev–Trinajstić information content (AvgIpc) is 1.09. The highest BCUT2D eigenvalue weighted by Crippen LogP contribution is 2.29. The summed E-state index contributed by atoms with van der Waals surface area (Å²) < 4.78 is 5.67. The summed E-state index contributed by atoms with van der Waals surface area (Å²) in [6.45, 7) is 26.8. The van der Waals surface area contributed by atoms with Crippen molar-refractivity contribution in [2.45, 2.75) is 96.1 Å². The fourth-order valence-corrected chi connectivity index (χ4v) is 15.3. The highest BCUT2D eigenvalue weighted by Gasteiger charge is 2.08. The molecule has 8 heterocycles. The minimum atomic E-state index is 0.196. The van der Waals surface area contributed by atoms with Crippen LogP contribution < -0.4 is 4.74 Å². The molecule has 0 spiro atoms. The molecule has 0 radical (unpaired) electrons. The van der Waals surface area contributed by atoms with Crippen molar-refractivity contribution in [2.75, 3.05) is 0 Å². The minimum Gasteiger partial charge on any atom is -0.491 e. The zero-order valence-electron chi connectivity index (χ0n) is 71.3. The first-order valence-corrected chi connectivity index (χ1v) is 42.8. The third-order valence-electron chi connectivity index (χ3n) is 19.9. The number of ether oxygens (including phenoxy) is 1. The van der Waals surface area contributed by atoms with Gasteiger partial charge in [-0.15, -0.1) is 22.7 Å². The lowest BCUT2D eigenvalue weighted by atomic mass is 10.1. The molecule has 18 rings (SSSR count). The predicted molar refractivity (Wildman–Crippen MR) is 526 cm³/mol. The molecule has 0 amide bonds. The summed E-state index contributed by atoms with van der Waals surface area (Å²) >= 11 is 3.58. The molecule has 0 N–H and O–H groups in total. The van der Waals surface area contributed by atoms with Crippen LogP contribution in [0.3, 0.4) is 0 Å². The summed E-state index contributed by atoms with van der Waals surface area (Å²) in [4.78, 5) is 31.8. The van der Waals surface area contributed by atoms with Crippen molar-refractivity contribution in [2.24, 2.45) is 0 Å². The van der Waals surface area contributed by atoms with Crippen LogP contribution in [-0.2, 0) is 0 Å². The summed E-state index contributed by atoms with van der Waals surface area (Å²) in [5.74, 6) is 0.902. The lowest BCUT2D eigenvalue weighted by Gasteiger charge is -2.09. The predicted octanol–water partition coefficient (Wildman–Crippen LogP) is 30.7. The largest absolute Gasteiger partial charge is 0.491 e. The number of thiophene rings is 2. The fraction of sp³-hybridized carbons (Fsp3) is 0.125. The van der Waals surface area contributed by atoms with E-state index in [4.69, 9.17) is 4.74 Å². The van der Waals surface area contributed by atoms with Gasteiger partial charge in [0, 0.05) is 114 Å². The Bertz CT molecular complexity index is 6530. The molecule has 0 fully saturated rings. The molecule has 0 aliphatic rings. The van der Waals surface area contributed by atoms with Crippen molar-refractivity contribution in [1.82, 2.24) is 29.9 Å². The van der Waals surface area contributed by atoms with Gasteiger partial charge in [-0.2, -0.15) is 0 Å². The van der Waals surface area contributed by atoms with E-state index in [9.17, 15) is 0 Å². The van der Waals surface area contributed by atoms with Crippen molar-refractivity contribution in [3.63, 3.8) is 0 Å². The van der Waals surface area contributed by atoms with E-state index in [1.54, 1.807) is 11.3 Å². The maximum Gasteiger partial charge on any atom is 0.119 e. The minimum absolute atomic E-state index is 0.196. The maximum atomic E-state index is 5.67. The quantitative estimate of drug-likeness (QED) is 0.100. The Labute approximate surface area is 721 Å². The maximum absolute atomic E-state index is 5.67. The summed E-state index contributed by atoms with van der Waals surface area (Å²) in [6, 6.07) is 103. The van der Waals surface area contributed by atoms with Crippen LogP contribution >= 0.6 is 22.7 Å². The standard InChI is InChI=1S/C21H21NO.3C19H17N.2C17H15NS/c1-15(2)23-20-13-9-17(10-14-20)8-12-19-6-4-5-18-11-7-16(3)22-21(18)19;2*1-14-5-3-6-16(13-14)10-12-18-8-4-7-17-11-9-15(2)20-19(17)18;1-14-6-9-16(10-7-14)11-13-18-5-3-4-17-12-8-15(2)20-19(17)18;1-12-6-8-14-4-3-5-15(17(14)18-12)9-11-16-10-7-13(2)19-16;1-12-10-16(19-11-12)9-8-15-5-3-4-14-7-6-13(2)18-17(14)15/h4-15H,1-3H3;3*3-13H,1-2H3;2*3-11H,1-2H3/b12-8+;2*12-10+;13-11+;11-9+;9-8+. The lowest BCUT2D eigenvalue weighted by molar-refractivity contribution is 0.242. The van der Waals surface area contributed by atoms with Crippen LogP contribution in [-0.4, -0.2) is 36.0 Å². The highest BCUT2D eigenvalue weighted by molar-refractivity contribution is 7.12. The number of aryl methyl sites for hydroxylation is 11. The van der Waals surface area contributed by atoms with Crippen LogP contribution in [0.5, 0.6) is 5.75 Å². The van der Waals surface area contributed by atoms with Gasteiger partial charge < -0.3 is 4.74 Å². The van der Waals surface area contributed by atoms with Crippen molar-refractivity contribution in [1.29, 1.82) is 0 Å². The van der Waals surface area contributed by atoms with Gasteiger partial charge in [-0.3, -0.25) is 29.9 Å². The molecule has 7 nitrogen and oxygen atoms in total. The topological polar surface area (TPSA) is 86.6 Å². The first kappa shape index (κ1) is 85.2. The van der Waals surface area contributed by atoms with Gasteiger partial charge in [-0.25, -0.2) is 0 Å². The molecule has 0 saturated heterocycles. The van der Waals surface area contributed by atoms with Gasteiger partial charge in [-0.05, 0) is 202 Å². The van der Waals surface area contributed by atoms with Gasteiger partial charge in [0.15, 0.2) is 0 Å². The number of para-hydroxylation sites is 6. The van der Waals surface area contributed by atoms with Crippen LogP contribution in [0.1, 0.15) is 141 Å². The molecule has 0 atom stereocenters. The molecule has 0 aliphatic heterocycles. The van der Waals surface area contributed by atoms with Gasteiger partial charge in [0.1, 0.15) is 5.75 Å². The van der Waals surface area contributed by atoms with Gasteiger partial charge >= 0.3 is 0 Å². The van der Waals surface area contributed by atoms with Crippen molar-refractivity contribution >= 4 is 161 Å². The van der Waals surface area contributed by atoms with Crippen LogP contribution in [0, 0.1) is 76.2 Å². The smallest absolute Gasteiger partial charge is 0.119 e. The van der Waals surface area contributed by atoms with Crippen molar-refractivity contribution in [3.05, 3.63) is 429 Å². The monoisotopic (exact) mass is 1610 g/mol. The average molecular weight is 1610 g/mol. The summed E-state index contributed by atoms with van der Waals surface area (Å²) in [7, 11) is 0. The Morgan fingerprint density at radius 3 is 0.826 bits per heavy atom. The molecule has 0 bridgehead atoms. The van der Waals surface area contributed by atoms with Crippen LogP contribution in [0.4, 0.5) is 0 Å². The Hall–Kier alpha value is -13.7. The normalized spacial score (nSPS) is 11.4. The van der Waals surface area contributed by atoms with E-state index in [-0.39, 0.29) is 6.10 Å². The van der Waals surface area contributed by atoms with E-state index < -0.39 is 0 Å². The summed E-state index contributed by atoms with van der Waals surface area (Å²) in [6.07, 6.45) is 25.9. The van der Waals surface area contributed by atoms with E-state index in [1.165, 1.54) is 97.0 Å². The molecular formula is C112H102N6OS2. The number of nitrogens with zero attached hydrogens (tertiary/aromatic N) is 6. The number of aromatic nitrogens is 6. The Morgan fingerprint density at radius 1 is 0.240 bits per heavy atom. The number of hydrogen-bond donors (Lipinski definition) is 0. The summed E-state index contributed by atoms with van der Waals surface area (Å²) in [5.41, 5.74) is 29.6. The SMILES string of the molecule is Cc1ccc(/C=C/c2cccc3ccc(C)nc23)cc1.Cc1ccc2cccc(/C=C/c3ccc(C)s3)c2n1.Cc1ccc2cccc(/C=C/c3ccc(OC(C)C)cc3)c2n1.Cc1cccc(/C=C/c2cccc3ccc(C)nc23)c1.Cc1cccc(/C=C/c2cccc3ccc(C)nc23)c1.Cc1csc(/C=C/c2cccc3ccc(C)nc23)c1. The number of pyridine rings is 6. The number of rotatable bonds is 14. The molecule has 0 aliphatic carbocycles. The van der Waals surface area contributed by atoms with Crippen molar-refractivity contribution < 1.29 is 4.74 Å². The molecule has 8 aromatic heterocycles. The van der Waals surface area contributed by atoms with E-state index in [0.717, 1.165) is 101 Å². The fourth-order valence-electron chi connectivity index (χ4n) is 13.7. The zero-order chi connectivity index (χ0) is 84.6. The van der Waals surface area contributed by atoms with Gasteiger partial charge in [0.2, 0.25) is 0 Å². The molecule has 18 aromatic rings. The molecular weight excluding hydrogens is 1510 g/mol. The van der Waals surface area contributed by atoms with E-state index in [2.05, 4.69) is 422 Å². The number of hydrogen-bond acceptors (Lipinski definition) is 9. The Kier molecular flexibility index (Phi) is 29.3. The number of fused-ring (bicyclic) bond motifs is 6. The van der Waals surface area contributed by atoms with E-state index in [1.807, 2.05) is 84.9 Å². The second-order valence-electron chi connectivity index (χ2n) is 30.7. The molecule has 9 heteroatoms. The second kappa shape index (κ2) is 41.6. The first-order chi connectivity index (χ1) is 58.7. The molecule has 0 unspecified atom stereocenters. The summed E-state index contributed by atoms with van der Waals surface area (Å²) in [5, 5.41) is 9.26. The van der Waals surface area contributed by atoms with Crippen LogP contribution in [0.15, 0.2) is 303 Å². The van der Waals surface area contributed by atoms with E-state index in [0.29, 0.717) is 0 Å². The zero-order valence-corrected chi connectivity index (χ0v) is 72.9. The third-order valence-corrected chi connectivity index (χ3v) is 21.9. The Morgan fingerprint density at radius 2 is 0.537 bits per heavy atom.